The second kappa shape index (κ2) is 7.72. The summed E-state index contributed by atoms with van der Waals surface area (Å²) >= 11 is 3.15. The van der Waals surface area contributed by atoms with Crippen LogP contribution in [0.3, 0.4) is 0 Å². The van der Waals surface area contributed by atoms with Gasteiger partial charge in [0.15, 0.2) is 0 Å². The molecule has 0 unspecified atom stereocenters. The van der Waals surface area contributed by atoms with Gasteiger partial charge in [0.05, 0.1) is 56.8 Å². The summed E-state index contributed by atoms with van der Waals surface area (Å²) < 4.78 is 0. The van der Waals surface area contributed by atoms with Crippen LogP contribution in [0.25, 0.3) is 11.1 Å². The molecule has 0 spiro atoms. The Morgan fingerprint density at radius 1 is 0.500 bits per heavy atom. The Balaban J connectivity index is 1.46. The lowest BCUT2D eigenvalue weighted by Gasteiger charge is -2.05. The van der Waals surface area contributed by atoms with Gasteiger partial charge in [-0.3, -0.25) is 0 Å². The van der Waals surface area contributed by atoms with Crippen molar-refractivity contribution in [1.29, 1.82) is 0 Å². The van der Waals surface area contributed by atoms with E-state index in [2.05, 4.69) is 9.97 Å². The molecule has 0 fully saturated rings. The number of hydrogen-bond acceptors (Lipinski definition) is 8. The average Bonchev–Trinajstić information content (AvgIpc) is 3.67. The molecule has 5 aliphatic rings. The zero-order valence-corrected chi connectivity index (χ0v) is 19.2. The van der Waals surface area contributed by atoms with Crippen LogP contribution in [-0.4, -0.2) is 32.8 Å². The Morgan fingerprint density at radius 2 is 1.00 bits per heavy atom. The molecule has 0 radical (unpaired) electrons. The number of hydrogen-bond donors (Lipinski definition) is 0. The SMILES string of the molecule is C1=CC2=NC1=CC1=NC(=C(c3nccs3)C3=NC(=CC4=NC(=C2c2nccs2)C=C4)C=C3)C=C1. The highest BCUT2D eigenvalue weighted by Gasteiger charge is 2.23. The summed E-state index contributed by atoms with van der Waals surface area (Å²) in [5.74, 6) is 0. The van der Waals surface area contributed by atoms with Crippen molar-refractivity contribution in [1.82, 2.24) is 9.97 Å². The molecule has 0 aliphatic carbocycles. The van der Waals surface area contributed by atoms with Crippen LogP contribution in [0.2, 0.25) is 0 Å². The van der Waals surface area contributed by atoms with Crippen LogP contribution in [0.1, 0.15) is 10.0 Å². The molecule has 160 valence electrons. The van der Waals surface area contributed by atoms with E-state index in [-0.39, 0.29) is 0 Å². The number of thiazole rings is 2. The first-order valence-electron chi connectivity index (χ1n) is 10.6. The molecule has 7 heterocycles. The summed E-state index contributed by atoms with van der Waals surface area (Å²) in [7, 11) is 0. The second-order valence-corrected chi connectivity index (χ2v) is 9.52. The number of aromatic nitrogens is 2. The van der Waals surface area contributed by atoms with Crippen LogP contribution >= 0.6 is 22.7 Å². The minimum Gasteiger partial charge on any atom is -0.248 e. The summed E-state index contributed by atoms with van der Waals surface area (Å²) in [5, 5.41) is 5.71. The molecule has 0 aromatic carbocycles. The molecule has 0 amide bonds. The lowest BCUT2D eigenvalue weighted by atomic mass is 10.1. The van der Waals surface area contributed by atoms with Crippen LogP contribution < -0.4 is 0 Å². The van der Waals surface area contributed by atoms with Crippen LogP contribution in [0, 0.1) is 0 Å². The Morgan fingerprint density at radius 3 is 1.44 bits per heavy atom. The molecule has 7 rings (SSSR count). The van der Waals surface area contributed by atoms with Gasteiger partial charge in [0.25, 0.3) is 0 Å². The van der Waals surface area contributed by atoms with E-state index in [9.17, 15) is 0 Å². The fourth-order valence-corrected chi connectivity index (χ4v) is 5.49. The topological polar surface area (TPSA) is 75.2 Å². The normalized spacial score (nSPS) is 20.1. The fraction of sp³-hybridized carbons (Fsp3) is 0. The van der Waals surface area contributed by atoms with Gasteiger partial charge < -0.3 is 0 Å². The van der Waals surface area contributed by atoms with Gasteiger partial charge in [0.1, 0.15) is 10.0 Å². The molecule has 0 saturated heterocycles. The summed E-state index contributed by atoms with van der Waals surface area (Å²) in [5.41, 5.74) is 8.56. The molecule has 6 nitrogen and oxygen atoms in total. The molecule has 0 N–H and O–H groups in total. The molecule has 0 saturated carbocycles. The molecular weight excluding hydrogens is 460 g/mol. The zero-order chi connectivity index (χ0) is 22.5. The Bertz CT molecular complexity index is 1490. The van der Waals surface area contributed by atoms with Gasteiger partial charge in [-0.1, -0.05) is 0 Å². The van der Waals surface area contributed by atoms with Crippen LogP contribution in [0.15, 0.2) is 127 Å². The fourth-order valence-electron chi connectivity index (χ4n) is 4.09. The zero-order valence-electron chi connectivity index (χ0n) is 17.6. The maximum atomic E-state index is 4.88. The highest BCUT2D eigenvalue weighted by molar-refractivity contribution is 7.11. The minimum absolute atomic E-state index is 0.837. The van der Waals surface area contributed by atoms with E-state index < -0.39 is 0 Å². The summed E-state index contributed by atoms with van der Waals surface area (Å²) in [6, 6.07) is 0. The van der Waals surface area contributed by atoms with Crippen LogP contribution in [0.4, 0.5) is 0 Å². The van der Waals surface area contributed by atoms with Gasteiger partial charge >= 0.3 is 0 Å². The van der Waals surface area contributed by atoms with Gasteiger partial charge in [0, 0.05) is 23.2 Å². The highest BCUT2D eigenvalue weighted by atomic mass is 32.1. The standard InChI is InChI=1S/C26H14N6S2/c1-5-19-23(25-27-9-11-33-25)20-7-3-17(31-20)14-18-4-8-22(32-18)24(26-28-10-12-34-26)21-6-2-16(30-21)13-15(1)29-19/h1-14H. The molecule has 8 heteroatoms. The molecular formula is C26H14N6S2. The van der Waals surface area contributed by atoms with E-state index in [0.29, 0.717) is 0 Å². The number of nitrogens with zero attached hydrogens (tertiary/aromatic N) is 6. The van der Waals surface area contributed by atoms with Gasteiger partial charge in [-0.2, -0.15) is 0 Å². The van der Waals surface area contributed by atoms with Crippen molar-refractivity contribution in [2.75, 3.05) is 0 Å². The van der Waals surface area contributed by atoms with Crippen molar-refractivity contribution in [3.63, 3.8) is 0 Å². The molecule has 5 aliphatic heterocycles. The number of aliphatic imine (C=N–C) groups is 4. The van der Waals surface area contributed by atoms with Crippen molar-refractivity contribution < 1.29 is 0 Å². The van der Waals surface area contributed by atoms with Crippen molar-refractivity contribution in [3.8, 4) is 0 Å². The Kier molecular flexibility index (Phi) is 4.39. The van der Waals surface area contributed by atoms with E-state index >= 15 is 0 Å². The highest BCUT2D eigenvalue weighted by Crippen LogP contribution is 2.33. The third-order valence-corrected chi connectivity index (χ3v) is 7.14. The second-order valence-electron chi connectivity index (χ2n) is 7.73. The van der Waals surface area contributed by atoms with E-state index in [1.54, 1.807) is 35.1 Å². The molecule has 2 aromatic rings. The van der Waals surface area contributed by atoms with Crippen LogP contribution in [-0.2, 0) is 0 Å². The largest absolute Gasteiger partial charge is 0.248 e. The first-order valence-corrected chi connectivity index (χ1v) is 12.4. The van der Waals surface area contributed by atoms with E-state index in [4.69, 9.17) is 20.0 Å². The number of fused-ring (bicyclic) bond motifs is 4. The quantitative estimate of drug-likeness (QED) is 0.573. The first kappa shape index (κ1) is 19.3. The maximum Gasteiger partial charge on any atom is 0.127 e. The molecule has 34 heavy (non-hydrogen) atoms. The average molecular weight is 475 g/mol. The van der Waals surface area contributed by atoms with Crippen LogP contribution in [0.5, 0.6) is 0 Å². The lowest BCUT2D eigenvalue weighted by Crippen LogP contribution is -2.00. The van der Waals surface area contributed by atoms with E-state index in [1.807, 2.05) is 71.5 Å². The predicted octanol–water partition coefficient (Wildman–Crippen LogP) is 5.55. The van der Waals surface area contributed by atoms with Crippen molar-refractivity contribution in [2.24, 2.45) is 20.0 Å². The summed E-state index contributed by atoms with van der Waals surface area (Å²) in [6.07, 6.45) is 23.6. The maximum absolute atomic E-state index is 4.88. The van der Waals surface area contributed by atoms with E-state index in [1.165, 1.54) is 0 Å². The lowest BCUT2D eigenvalue weighted by molar-refractivity contribution is 1.35. The minimum atomic E-state index is 0.837. The molecule has 8 bridgehead atoms. The van der Waals surface area contributed by atoms with Gasteiger partial charge in [-0.05, 0) is 60.8 Å². The first-order chi connectivity index (χ1) is 16.8. The number of rotatable bonds is 2. The third-order valence-electron chi connectivity index (χ3n) is 5.55. The summed E-state index contributed by atoms with van der Waals surface area (Å²) in [6.45, 7) is 0. The molecule has 2 aromatic heterocycles. The predicted molar refractivity (Wildman–Crippen MR) is 141 cm³/mol. The molecule has 0 atom stereocenters. The Labute approximate surface area is 203 Å². The Hall–Kier alpha value is -4.14. The number of allylic oxidation sites excluding steroid dienone is 12. The smallest absolute Gasteiger partial charge is 0.127 e. The van der Waals surface area contributed by atoms with Crippen molar-refractivity contribution in [3.05, 3.63) is 117 Å². The third kappa shape index (κ3) is 3.32. The van der Waals surface area contributed by atoms with Gasteiger partial charge in [-0.25, -0.2) is 29.9 Å². The van der Waals surface area contributed by atoms with Crippen molar-refractivity contribution in [2.45, 2.75) is 0 Å². The van der Waals surface area contributed by atoms with Gasteiger partial charge in [0.2, 0.25) is 0 Å². The van der Waals surface area contributed by atoms with E-state index in [0.717, 1.165) is 66.8 Å². The monoisotopic (exact) mass is 474 g/mol. The van der Waals surface area contributed by atoms with Gasteiger partial charge in [-0.15, -0.1) is 22.7 Å². The van der Waals surface area contributed by atoms with Crippen molar-refractivity contribution >= 4 is 56.7 Å². The summed E-state index contributed by atoms with van der Waals surface area (Å²) in [4.78, 5) is 28.6.